The Morgan fingerprint density at radius 3 is 2.60 bits per heavy atom. The lowest BCUT2D eigenvalue weighted by Gasteiger charge is -2.32. The quantitative estimate of drug-likeness (QED) is 0.800. The largest absolute Gasteiger partial charge is 0.497 e. The number of hydrogen-bond donors (Lipinski definition) is 1. The maximum Gasteiger partial charge on any atom is 0.227 e. The summed E-state index contributed by atoms with van der Waals surface area (Å²) in [5.41, 5.74) is 2.10. The number of ether oxygens (including phenoxy) is 1. The van der Waals surface area contributed by atoms with Gasteiger partial charge in [-0.3, -0.25) is 14.5 Å². The van der Waals surface area contributed by atoms with Crippen molar-refractivity contribution in [3.63, 3.8) is 0 Å². The Kier molecular flexibility index (Phi) is 6.33. The molecule has 1 atom stereocenters. The number of benzene rings is 2. The molecule has 2 aliphatic heterocycles. The van der Waals surface area contributed by atoms with Gasteiger partial charge in [0.25, 0.3) is 0 Å². The molecule has 2 fully saturated rings. The molecular formula is C24H29N3O3. The number of carbonyl (C=O) groups is 2. The number of likely N-dealkylation sites (tertiary alicyclic amines) is 1. The lowest BCUT2D eigenvalue weighted by atomic mass is 10.0. The van der Waals surface area contributed by atoms with Gasteiger partial charge in [-0.25, -0.2) is 0 Å². The topological polar surface area (TPSA) is 61.9 Å². The average Bonchev–Trinajstić information content (AvgIpc) is 3.18. The van der Waals surface area contributed by atoms with Gasteiger partial charge in [-0.05, 0) is 30.5 Å². The van der Waals surface area contributed by atoms with E-state index in [0.717, 1.165) is 38.2 Å². The summed E-state index contributed by atoms with van der Waals surface area (Å²) >= 11 is 0. The number of rotatable bonds is 6. The van der Waals surface area contributed by atoms with Crippen molar-refractivity contribution in [2.75, 3.05) is 31.6 Å². The molecule has 158 valence electrons. The molecule has 1 N–H and O–H groups in total. The fourth-order valence-corrected chi connectivity index (χ4v) is 4.31. The van der Waals surface area contributed by atoms with Crippen molar-refractivity contribution >= 4 is 17.5 Å². The number of nitrogens with zero attached hydrogens (tertiary/aromatic N) is 2. The summed E-state index contributed by atoms with van der Waals surface area (Å²) in [6, 6.07) is 18.1. The van der Waals surface area contributed by atoms with E-state index < -0.39 is 0 Å². The summed E-state index contributed by atoms with van der Waals surface area (Å²) in [6.45, 7) is 3.32. The molecule has 2 heterocycles. The van der Waals surface area contributed by atoms with Crippen LogP contribution in [-0.4, -0.2) is 49.5 Å². The van der Waals surface area contributed by atoms with Gasteiger partial charge in [-0.1, -0.05) is 36.4 Å². The molecule has 6 nitrogen and oxygen atoms in total. The Labute approximate surface area is 177 Å². The van der Waals surface area contributed by atoms with Crippen molar-refractivity contribution < 1.29 is 14.3 Å². The van der Waals surface area contributed by atoms with Crippen LogP contribution < -0.4 is 15.0 Å². The molecule has 30 heavy (non-hydrogen) atoms. The summed E-state index contributed by atoms with van der Waals surface area (Å²) in [4.78, 5) is 29.4. The first-order valence-electron chi connectivity index (χ1n) is 10.6. The Morgan fingerprint density at radius 2 is 1.87 bits per heavy atom. The molecular weight excluding hydrogens is 378 g/mol. The average molecular weight is 408 g/mol. The highest BCUT2D eigenvalue weighted by Crippen LogP contribution is 2.28. The van der Waals surface area contributed by atoms with Gasteiger partial charge in [0.1, 0.15) is 5.75 Å². The van der Waals surface area contributed by atoms with Crippen molar-refractivity contribution in [2.24, 2.45) is 5.92 Å². The molecule has 6 heteroatoms. The number of methoxy groups -OCH3 is 1. The van der Waals surface area contributed by atoms with Crippen LogP contribution in [0, 0.1) is 5.92 Å². The van der Waals surface area contributed by atoms with Gasteiger partial charge in [0.15, 0.2) is 0 Å². The van der Waals surface area contributed by atoms with E-state index >= 15 is 0 Å². The summed E-state index contributed by atoms with van der Waals surface area (Å²) < 4.78 is 5.25. The number of anilines is 1. The van der Waals surface area contributed by atoms with E-state index in [2.05, 4.69) is 34.5 Å². The van der Waals surface area contributed by atoms with E-state index in [-0.39, 0.29) is 30.2 Å². The van der Waals surface area contributed by atoms with Crippen LogP contribution in [0.25, 0.3) is 0 Å². The van der Waals surface area contributed by atoms with Crippen LogP contribution in [0.1, 0.15) is 24.8 Å². The van der Waals surface area contributed by atoms with Crippen LogP contribution in [0.4, 0.5) is 5.69 Å². The zero-order chi connectivity index (χ0) is 20.9. The van der Waals surface area contributed by atoms with Crippen molar-refractivity contribution in [1.29, 1.82) is 0 Å². The third kappa shape index (κ3) is 4.82. The summed E-state index contributed by atoms with van der Waals surface area (Å²) in [5.74, 6) is 0.387. The predicted molar refractivity (Wildman–Crippen MR) is 116 cm³/mol. The van der Waals surface area contributed by atoms with Crippen molar-refractivity contribution in [2.45, 2.75) is 31.8 Å². The second-order valence-corrected chi connectivity index (χ2v) is 8.15. The molecule has 4 rings (SSSR count). The second-order valence-electron chi connectivity index (χ2n) is 8.15. The predicted octanol–water partition coefficient (Wildman–Crippen LogP) is 2.83. The molecule has 2 amide bonds. The number of hydrogen-bond acceptors (Lipinski definition) is 4. The fraction of sp³-hybridized carbons (Fsp3) is 0.417. The monoisotopic (exact) mass is 407 g/mol. The minimum absolute atomic E-state index is 0.00439. The van der Waals surface area contributed by atoms with E-state index in [1.54, 1.807) is 12.0 Å². The molecule has 0 radical (unpaired) electrons. The summed E-state index contributed by atoms with van der Waals surface area (Å²) in [7, 11) is 1.60. The highest BCUT2D eigenvalue weighted by atomic mass is 16.5. The van der Waals surface area contributed by atoms with Crippen molar-refractivity contribution in [3.8, 4) is 5.75 Å². The Bertz CT molecular complexity index is 878. The number of carbonyl (C=O) groups excluding carboxylic acids is 2. The van der Waals surface area contributed by atoms with E-state index in [4.69, 9.17) is 4.74 Å². The fourth-order valence-electron chi connectivity index (χ4n) is 4.31. The minimum Gasteiger partial charge on any atom is -0.497 e. The molecule has 2 aromatic rings. The number of nitrogens with one attached hydrogen (secondary N) is 1. The van der Waals surface area contributed by atoms with Crippen LogP contribution in [0.2, 0.25) is 0 Å². The maximum atomic E-state index is 12.8. The Hall–Kier alpha value is -2.86. The second kappa shape index (κ2) is 9.30. The van der Waals surface area contributed by atoms with Gasteiger partial charge in [0, 0.05) is 50.4 Å². The zero-order valence-corrected chi connectivity index (χ0v) is 17.4. The first-order valence-corrected chi connectivity index (χ1v) is 10.6. The van der Waals surface area contributed by atoms with Gasteiger partial charge < -0.3 is 15.0 Å². The Morgan fingerprint density at radius 1 is 1.10 bits per heavy atom. The standard InChI is InChI=1S/C24H29N3O3/c1-30-22-9-5-8-21(15-22)27-17-19(14-23(27)28)24(29)25-20-10-12-26(13-11-20)16-18-6-3-2-4-7-18/h2-9,15,19-20H,10-14,16-17H2,1H3,(H,25,29)/t19-/m1/s1. The van der Waals surface area contributed by atoms with Crippen LogP contribution in [0.3, 0.4) is 0 Å². The van der Waals surface area contributed by atoms with Crippen molar-refractivity contribution in [3.05, 3.63) is 60.2 Å². The third-order valence-corrected chi connectivity index (χ3v) is 6.04. The van der Waals surface area contributed by atoms with Gasteiger partial charge in [-0.15, -0.1) is 0 Å². The van der Waals surface area contributed by atoms with Gasteiger partial charge >= 0.3 is 0 Å². The van der Waals surface area contributed by atoms with Gasteiger partial charge in [-0.2, -0.15) is 0 Å². The highest BCUT2D eigenvalue weighted by Gasteiger charge is 2.36. The molecule has 0 spiro atoms. The van der Waals surface area contributed by atoms with E-state index in [1.165, 1.54) is 5.56 Å². The molecule has 2 aliphatic rings. The lowest BCUT2D eigenvalue weighted by molar-refractivity contribution is -0.127. The molecule has 2 saturated heterocycles. The minimum atomic E-state index is -0.300. The number of amides is 2. The van der Waals surface area contributed by atoms with Crippen LogP contribution >= 0.6 is 0 Å². The molecule has 2 aromatic carbocycles. The van der Waals surface area contributed by atoms with Crippen LogP contribution in [0.5, 0.6) is 5.75 Å². The van der Waals surface area contributed by atoms with Gasteiger partial charge in [0.2, 0.25) is 11.8 Å². The lowest BCUT2D eigenvalue weighted by Crippen LogP contribution is -2.46. The zero-order valence-electron chi connectivity index (χ0n) is 17.4. The summed E-state index contributed by atoms with van der Waals surface area (Å²) in [5, 5.41) is 3.19. The van der Waals surface area contributed by atoms with Crippen LogP contribution in [0.15, 0.2) is 54.6 Å². The van der Waals surface area contributed by atoms with E-state index in [0.29, 0.717) is 12.3 Å². The Balaban J connectivity index is 1.27. The van der Waals surface area contributed by atoms with Crippen LogP contribution in [-0.2, 0) is 16.1 Å². The third-order valence-electron chi connectivity index (χ3n) is 6.04. The normalized spacial score (nSPS) is 20.4. The van der Waals surface area contributed by atoms with Gasteiger partial charge in [0.05, 0.1) is 13.0 Å². The van der Waals surface area contributed by atoms with E-state index in [1.807, 2.05) is 30.3 Å². The number of piperidine rings is 1. The molecule has 0 unspecified atom stereocenters. The van der Waals surface area contributed by atoms with E-state index in [9.17, 15) is 9.59 Å². The first-order chi connectivity index (χ1) is 14.6. The first kappa shape index (κ1) is 20.4. The smallest absolute Gasteiger partial charge is 0.227 e. The SMILES string of the molecule is COc1cccc(N2C[C@H](C(=O)NC3CCN(Cc4ccccc4)CC3)CC2=O)c1. The molecule has 0 bridgehead atoms. The molecule has 0 aliphatic carbocycles. The molecule has 0 aromatic heterocycles. The summed E-state index contributed by atoms with van der Waals surface area (Å²) in [6.07, 6.45) is 2.15. The maximum absolute atomic E-state index is 12.8. The highest BCUT2D eigenvalue weighted by molar-refractivity contribution is 6.00. The molecule has 0 saturated carbocycles. The van der Waals surface area contributed by atoms with Crippen molar-refractivity contribution in [1.82, 2.24) is 10.2 Å².